The van der Waals surface area contributed by atoms with Gasteiger partial charge < -0.3 is 5.73 Å². The first-order valence-electron chi connectivity index (χ1n) is 3.36. The van der Waals surface area contributed by atoms with Crippen molar-refractivity contribution in [3.05, 3.63) is 28.5 Å². The normalized spacial score (nSPS) is 13.6. The van der Waals surface area contributed by atoms with E-state index in [1.807, 2.05) is 0 Å². The summed E-state index contributed by atoms with van der Waals surface area (Å²) in [6, 6.07) is 2.56. The van der Waals surface area contributed by atoms with Gasteiger partial charge in [0, 0.05) is 11.3 Å². The van der Waals surface area contributed by atoms with Crippen molar-refractivity contribution in [1.29, 1.82) is 0 Å². The molecule has 0 saturated carbocycles. The highest BCUT2D eigenvalue weighted by molar-refractivity contribution is 6.06. The first-order valence-corrected chi connectivity index (χ1v) is 3.36. The van der Waals surface area contributed by atoms with Gasteiger partial charge in [0.25, 0.3) is 5.91 Å². The minimum Gasteiger partial charge on any atom is -0.396 e. The molecule has 0 fully saturated rings. The average molecular weight is 164 g/mol. The molecule has 0 aliphatic carbocycles. The number of carbonyl (C=O) groups excluding carboxylic acids is 1. The molecule has 0 radical (unpaired) electrons. The second kappa shape index (κ2) is 2.14. The molecule has 1 heterocycles. The number of nitrogens with two attached hydrogens (primary N) is 1. The van der Waals surface area contributed by atoms with Gasteiger partial charge in [-0.25, -0.2) is 9.38 Å². The summed E-state index contributed by atoms with van der Waals surface area (Å²) < 4.78 is 12.8. The van der Waals surface area contributed by atoms with Gasteiger partial charge in [-0.1, -0.05) is 0 Å². The third kappa shape index (κ3) is 0.887. The number of rotatable bonds is 0. The molecule has 1 aromatic carbocycles. The fraction of sp³-hybridized carbons (Fsp3) is 0. The van der Waals surface area contributed by atoms with Gasteiger partial charge in [0.1, 0.15) is 5.82 Å². The van der Waals surface area contributed by atoms with Gasteiger partial charge in [-0.05, 0) is 12.1 Å². The summed E-state index contributed by atoms with van der Waals surface area (Å²) in [4.78, 5) is 14.3. The summed E-state index contributed by atoms with van der Waals surface area (Å²) in [7, 11) is 0. The van der Waals surface area contributed by atoms with Gasteiger partial charge >= 0.3 is 0 Å². The third-order valence-electron chi connectivity index (χ3n) is 1.66. The van der Waals surface area contributed by atoms with Gasteiger partial charge in [0.05, 0.1) is 11.0 Å². The molecule has 0 unspecified atom stereocenters. The SMILES string of the molecule is Nc1cc2c(cc1F)=CC(=O)N=2. The van der Waals surface area contributed by atoms with E-state index >= 15 is 0 Å². The summed E-state index contributed by atoms with van der Waals surface area (Å²) in [6.07, 6.45) is 1.28. The molecule has 0 atom stereocenters. The molecule has 2 N–H and O–H groups in total. The maximum atomic E-state index is 12.8. The first-order chi connectivity index (χ1) is 5.66. The van der Waals surface area contributed by atoms with Crippen molar-refractivity contribution in [2.75, 3.05) is 5.73 Å². The van der Waals surface area contributed by atoms with E-state index < -0.39 is 5.82 Å². The highest BCUT2D eigenvalue weighted by Gasteiger charge is 2.06. The lowest BCUT2D eigenvalue weighted by molar-refractivity contribution is -0.112. The fourth-order valence-electron chi connectivity index (χ4n) is 1.09. The average Bonchev–Trinajstić information content (AvgIpc) is 2.30. The Bertz CT molecular complexity index is 436. The Kier molecular flexibility index (Phi) is 1.24. The van der Waals surface area contributed by atoms with Crippen molar-refractivity contribution in [1.82, 2.24) is 0 Å². The van der Waals surface area contributed by atoms with Crippen LogP contribution in [0.5, 0.6) is 0 Å². The van der Waals surface area contributed by atoms with E-state index in [1.54, 1.807) is 0 Å². The van der Waals surface area contributed by atoms with E-state index in [2.05, 4.69) is 4.99 Å². The number of halogens is 1. The molecule has 1 amide bonds. The molecule has 3 nitrogen and oxygen atoms in total. The minimum atomic E-state index is -0.519. The molecule has 0 spiro atoms. The molecule has 0 bridgehead atoms. The Hall–Kier alpha value is -1.71. The zero-order valence-electron chi connectivity index (χ0n) is 6.04. The Balaban J connectivity index is 2.89. The lowest BCUT2D eigenvalue weighted by Crippen LogP contribution is -2.22. The predicted octanol–water partition coefficient (Wildman–Crippen LogP) is -0.652. The summed E-state index contributed by atoms with van der Waals surface area (Å²) in [5, 5.41) is 0.936. The quantitative estimate of drug-likeness (QED) is 0.518. The summed E-state index contributed by atoms with van der Waals surface area (Å²) in [5.41, 5.74) is 5.29. The van der Waals surface area contributed by atoms with Gasteiger partial charge in [0.15, 0.2) is 0 Å². The molecule has 4 heteroatoms. The van der Waals surface area contributed by atoms with Crippen molar-refractivity contribution < 1.29 is 9.18 Å². The van der Waals surface area contributed by atoms with Crippen LogP contribution in [0.15, 0.2) is 17.1 Å². The minimum absolute atomic E-state index is 0.0144. The van der Waals surface area contributed by atoms with Crippen LogP contribution >= 0.6 is 0 Å². The lowest BCUT2D eigenvalue weighted by Gasteiger charge is -1.92. The lowest BCUT2D eigenvalue weighted by atomic mass is 10.2. The number of carbonyl (C=O) groups is 1. The van der Waals surface area contributed by atoms with Crippen LogP contribution in [0.25, 0.3) is 6.08 Å². The van der Waals surface area contributed by atoms with Crippen molar-refractivity contribution in [2.45, 2.75) is 0 Å². The molecule has 1 aromatic rings. The van der Waals surface area contributed by atoms with E-state index in [-0.39, 0.29) is 11.6 Å². The van der Waals surface area contributed by atoms with Crippen LogP contribution in [0.3, 0.4) is 0 Å². The van der Waals surface area contributed by atoms with E-state index in [0.717, 1.165) is 0 Å². The molecule has 2 rings (SSSR count). The topological polar surface area (TPSA) is 55.5 Å². The van der Waals surface area contributed by atoms with Crippen molar-refractivity contribution in [3.63, 3.8) is 0 Å². The Morgan fingerprint density at radius 2 is 2.17 bits per heavy atom. The van der Waals surface area contributed by atoms with E-state index in [4.69, 9.17) is 5.73 Å². The van der Waals surface area contributed by atoms with Gasteiger partial charge in [-0.3, -0.25) is 4.79 Å². The number of hydrogen-bond acceptors (Lipinski definition) is 2. The van der Waals surface area contributed by atoms with Crippen LogP contribution in [0.1, 0.15) is 0 Å². The molecule has 0 aromatic heterocycles. The highest BCUT2D eigenvalue weighted by Crippen LogP contribution is 2.02. The van der Waals surface area contributed by atoms with Gasteiger partial charge in [0.2, 0.25) is 0 Å². The van der Waals surface area contributed by atoms with Gasteiger partial charge in [-0.15, -0.1) is 0 Å². The molecular formula is C8H5FN2O. The molecule has 12 heavy (non-hydrogen) atoms. The number of nitrogen functional groups attached to an aromatic ring is 1. The van der Waals surface area contributed by atoms with E-state index in [9.17, 15) is 9.18 Å². The Morgan fingerprint density at radius 3 is 2.92 bits per heavy atom. The number of anilines is 1. The monoisotopic (exact) mass is 164 g/mol. The third-order valence-corrected chi connectivity index (χ3v) is 1.66. The molecule has 1 aliphatic rings. The number of nitrogens with zero attached hydrogens (tertiary/aromatic N) is 1. The number of fused-ring (bicyclic) bond motifs is 1. The van der Waals surface area contributed by atoms with Crippen molar-refractivity contribution in [2.24, 2.45) is 4.99 Å². The zero-order valence-corrected chi connectivity index (χ0v) is 6.04. The van der Waals surface area contributed by atoms with Crippen molar-refractivity contribution in [3.8, 4) is 0 Å². The predicted molar refractivity (Wildman–Crippen MR) is 41.1 cm³/mol. The largest absolute Gasteiger partial charge is 0.396 e. The standard InChI is InChI=1S/C8H5FN2O/c9-5-1-4-2-8(12)11-7(4)3-6(5)10/h1-3H,10H2. The number of benzene rings is 1. The zero-order chi connectivity index (χ0) is 8.72. The van der Waals surface area contributed by atoms with Crippen LogP contribution in [-0.2, 0) is 4.79 Å². The van der Waals surface area contributed by atoms with Crippen LogP contribution in [-0.4, -0.2) is 5.91 Å². The second-order valence-electron chi connectivity index (χ2n) is 2.53. The highest BCUT2D eigenvalue weighted by atomic mass is 19.1. The maximum Gasteiger partial charge on any atom is 0.270 e. The first kappa shape index (κ1) is 6.97. The van der Waals surface area contributed by atoms with E-state index in [0.29, 0.717) is 10.6 Å². The van der Waals surface area contributed by atoms with Crippen molar-refractivity contribution >= 4 is 17.7 Å². The Morgan fingerprint density at radius 1 is 1.42 bits per heavy atom. The molecule has 0 saturated heterocycles. The Labute approximate surface area is 67.0 Å². The van der Waals surface area contributed by atoms with Crippen LogP contribution < -0.4 is 16.3 Å². The van der Waals surface area contributed by atoms with Crippen LogP contribution in [0.2, 0.25) is 0 Å². The second-order valence-corrected chi connectivity index (χ2v) is 2.53. The van der Waals surface area contributed by atoms with E-state index in [1.165, 1.54) is 18.2 Å². The molecular weight excluding hydrogens is 159 g/mol. The smallest absolute Gasteiger partial charge is 0.270 e. The summed E-state index contributed by atoms with van der Waals surface area (Å²) in [5.74, 6) is -0.884. The molecule has 60 valence electrons. The van der Waals surface area contributed by atoms with Gasteiger partial charge in [-0.2, -0.15) is 0 Å². The molecule has 1 aliphatic heterocycles. The summed E-state index contributed by atoms with van der Waals surface area (Å²) in [6.45, 7) is 0. The van der Waals surface area contributed by atoms with Crippen LogP contribution in [0.4, 0.5) is 10.1 Å². The number of amides is 1. The number of hydrogen-bond donors (Lipinski definition) is 1. The van der Waals surface area contributed by atoms with Crippen LogP contribution in [0, 0.1) is 5.82 Å². The fourth-order valence-corrected chi connectivity index (χ4v) is 1.09. The maximum absolute atomic E-state index is 12.8. The summed E-state index contributed by atoms with van der Waals surface area (Å²) >= 11 is 0.